The predicted molar refractivity (Wildman–Crippen MR) is 99.3 cm³/mol. The Balaban J connectivity index is 1.76. The van der Waals surface area contributed by atoms with Crippen LogP contribution in [0.25, 0.3) is 0 Å². The van der Waals surface area contributed by atoms with Crippen LogP contribution in [0.15, 0.2) is 60.7 Å². The highest BCUT2D eigenvalue weighted by Gasteiger charge is 2.39. The molecule has 2 aromatic rings. The van der Waals surface area contributed by atoms with Gasteiger partial charge in [-0.2, -0.15) is 0 Å². The SMILES string of the molecule is [CH]1[CH][CH][C]([C@H](c2ccccc2)[C@H]([C]2[CH][CH][CH][CH]2)c2ccccc2)[CH]1. The molecule has 0 nitrogen and oxygen atoms in total. The topological polar surface area (TPSA) is 0 Å². The number of rotatable bonds is 5. The lowest BCUT2D eigenvalue weighted by Gasteiger charge is -2.35. The van der Waals surface area contributed by atoms with Gasteiger partial charge < -0.3 is 0 Å². The number of hydrogen-bond acceptors (Lipinski definition) is 0. The third-order valence-electron chi connectivity index (χ3n) is 4.75. The summed E-state index contributed by atoms with van der Waals surface area (Å²) in [5.41, 5.74) is 2.72. The van der Waals surface area contributed by atoms with Crippen molar-refractivity contribution < 1.29 is 0 Å². The minimum atomic E-state index is 0.311. The highest BCUT2D eigenvalue weighted by atomic mass is 14.4. The highest BCUT2D eigenvalue weighted by molar-refractivity contribution is 5.52. The van der Waals surface area contributed by atoms with Gasteiger partial charge in [0.2, 0.25) is 0 Å². The first-order valence-electron chi connectivity index (χ1n) is 8.46. The molecular weight excluding hydrogens is 288 g/mol. The molecule has 2 aliphatic rings. The van der Waals surface area contributed by atoms with Crippen LogP contribution in [0.1, 0.15) is 23.0 Å². The van der Waals surface area contributed by atoms with Crippen LogP contribution in [0.3, 0.4) is 0 Å². The molecule has 0 N–H and O–H groups in total. The monoisotopic (exact) mass is 308 g/mol. The second-order valence-corrected chi connectivity index (χ2v) is 6.21. The molecule has 0 bridgehead atoms. The van der Waals surface area contributed by atoms with Crippen molar-refractivity contribution in [3.8, 4) is 0 Å². The fourth-order valence-electron chi connectivity index (χ4n) is 3.67. The van der Waals surface area contributed by atoms with Gasteiger partial charge >= 0.3 is 0 Å². The molecule has 2 aliphatic carbocycles. The van der Waals surface area contributed by atoms with Gasteiger partial charge in [0, 0.05) is 0 Å². The van der Waals surface area contributed by atoms with Crippen LogP contribution in [-0.4, -0.2) is 0 Å². The molecule has 0 heteroatoms. The first-order valence-corrected chi connectivity index (χ1v) is 8.46. The smallest absolute Gasteiger partial charge is 0.00192 e. The Kier molecular flexibility index (Phi) is 5.02. The average Bonchev–Trinajstić information content (AvgIpc) is 3.35. The van der Waals surface area contributed by atoms with Gasteiger partial charge in [0.1, 0.15) is 0 Å². The summed E-state index contributed by atoms with van der Waals surface area (Å²) in [6.45, 7) is 0. The fraction of sp³-hybridized carbons (Fsp3) is 0.0833. The van der Waals surface area contributed by atoms with Gasteiger partial charge in [-0.15, -0.1) is 0 Å². The van der Waals surface area contributed by atoms with Crippen LogP contribution in [0.5, 0.6) is 0 Å². The van der Waals surface area contributed by atoms with Crippen LogP contribution >= 0.6 is 0 Å². The van der Waals surface area contributed by atoms with Gasteiger partial charge in [-0.1, -0.05) is 60.7 Å². The molecule has 0 aliphatic heterocycles. The maximum atomic E-state index is 2.25. The van der Waals surface area contributed by atoms with Crippen LogP contribution in [0, 0.1) is 63.2 Å². The van der Waals surface area contributed by atoms with Gasteiger partial charge in [-0.05, 0) is 86.2 Å². The summed E-state index contributed by atoms with van der Waals surface area (Å²) >= 11 is 0. The average molecular weight is 308 g/mol. The minimum Gasteiger partial charge on any atom is -0.0622 e. The van der Waals surface area contributed by atoms with Gasteiger partial charge in [0.05, 0.1) is 0 Å². The first-order chi connectivity index (χ1) is 11.9. The molecule has 2 fully saturated rings. The summed E-state index contributed by atoms with van der Waals surface area (Å²) in [6.07, 6.45) is 17.5. The van der Waals surface area contributed by atoms with E-state index >= 15 is 0 Å². The Bertz CT molecular complexity index is 546. The van der Waals surface area contributed by atoms with Gasteiger partial charge in [0.15, 0.2) is 0 Å². The lowest BCUT2D eigenvalue weighted by atomic mass is 9.67. The highest BCUT2D eigenvalue weighted by Crippen LogP contribution is 2.52. The van der Waals surface area contributed by atoms with E-state index in [0.717, 1.165) is 0 Å². The van der Waals surface area contributed by atoms with E-state index in [-0.39, 0.29) is 0 Å². The van der Waals surface area contributed by atoms with E-state index in [1.165, 1.54) is 23.0 Å². The third-order valence-corrected chi connectivity index (χ3v) is 4.75. The summed E-state index contributed by atoms with van der Waals surface area (Å²) in [5.74, 6) is 3.37. The molecular formula is C24H20. The van der Waals surface area contributed by atoms with E-state index in [1.54, 1.807) is 0 Å². The van der Waals surface area contributed by atoms with Crippen molar-refractivity contribution in [2.24, 2.45) is 0 Å². The summed E-state index contributed by atoms with van der Waals surface area (Å²) in [4.78, 5) is 0. The molecule has 0 saturated heterocycles. The molecule has 2 aromatic carbocycles. The summed E-state index contributed by atoms with van der Waals surface area (Å²) < 4.78 is 0. The van der Waals surface area contributed by atoms with Gasteiger partial charge in [-0.25, -0.2) is 0 Å². The standard InChI is InChI=1S/C24H20/c1-3-11-19(12-4-1)23(21-15-7-8-16-21)24(22-17-9-10-18-22)20-13-5-2-6-14-20/h1-18,23-24H/t23-,24-/m0/s1. The Hall–Kier alpha value is -1.56. The fourth-order valence-corrected chi connectivity index (χ4v) is 3.67. The minimum absolute atomic E-state index is 0.311. The zero-order chi connectivity index (χ0) is 16.2. The molecule has 2 saturated carbocycles. The lowest BCUT2D eigenvalue weighted by molar-refractivity contribution is 0.603. The summed E-state index contributed by atoms with van der Waals surface area (Å²) in [7, 11) is 0. The molecule has 10 radical (unpaired) electrons. The van der Waals surface area contributed by atoms with Crippen LogP contribution in [-0.2, 0) is 0 Å². The van der Waals surface area contributed by atoms with Crippen LogP contribution < -0.4 is 0 Å². The van der Waals surface area contributed by atoms with E-state index in [4.69, 9.17) is 0 Å². The Labute approximate surface area is 147 Å². The number of benzene rings is 2. The van der Waals surface area contributed by atoms with Crippen molar-refractivity contribution in [1.82, 2.24) is 0 Å². The van der Waals surface area contributed by atoms with Crippen molar-refractivity contribution in [2.75, 3.05) is 0 Å². The molecule has 2 atom stereocenters. The Morgan fingerprint density at radius 3 is 1.08 bits per heavy atom. The Morgan fingerprint density at radius 2 is 0.750 bits per heavy atom. The predicted octanol–water partition coefficient (Wildman–Crippen LogP) is 5.36. The van der Waals surface area contributed by atoms with Crippen molar-refractivity contribution in [3.63, 3.8) is 0 Å². The maximum absolute atomic E-state index is 2.25. The molecule has 0 unspecified atom stereocenters. The zero-order valence-electron chi connectivity index (χ0n) is 13.5. The van der Waals surface area contributed by atoms with Crippen LogP contribution in [0.2, 0.25) is 0 Å². The van der Waals surface area contributed by atoms with Crippen molar-refractivity contribution in [1.29, 1.82) is 0 Å². The molecule has 0 spiro atoms. The molecule has 0 aromatic heterocycles. The first kappa shape index (κ1) is 15.9. The zero-order valence-corrected chi connectivity index (χ0v) is 13.5. The molecule has 0 heterocycles. The quantitative estimate of drug-likeness (QED) is 0.697. The van der Waals surface area contributed by atoms with Crippen LogP contribution in [0.4, 0.5) is 0 Å². The largest absolute Gasteiger partial charge is 0.0622 e. The molecule has 116 valence electrons. The molecule has 24 heavy (non-hydrogen) atoms. The number of hydrogen-bond donors (Lipinski definition) is 0. The maximum Gasteiger partial charge on any atom is -0.00192 e. The normalized spacial score (nSPS) is 21.8. The molecule has 0 amide bonds. The van der Waals surface area contributed by atoms with Crippen molar-refractivity contribution in [3.05, 3.63) is 135 Å². The van der Waals surface area contributed by atoms with E-state index in [0.29, 0.717) is 11.8 Å². The lowest BCUT2D eigenvalue weighted by Crippen LogP contribution is -2.23. The summed E-state index contributed by atoms with van der Waals surface area (Å²) in [5, 5.41) is 0. The van der Waals surface area contributed by atoms with E-state index in [1.807, 2.05) is 0 Å². The third kappa shape index (κ3) is 3.29. The second kappa shape index (κ2) is 7.55. The summed E-state index contributed by atoms with van der Waals surface area (Å²) in [6, 6.07) is 21.7. The van der Waals surface area contributed by atoms with Crippen molar-refractivity contribution >= 4 is 0 Å². The molecule has 4 rings (SSSR count). The van der Waals surface area contributed by atoms with Gasteiger partial charge in [-0.3, -0.25) is 0 Å². The van der Waals surface area contributed by atoms with Crippen molar-refractivity contribution in [2.45, 2.75) is 11.8 Å². The van der Waals surface area contributed by atoms with E-state index in [9.17, 15) is 0 Å². The van der Waals surface area contributed by atoms with E-state index < -0.39 is 0 Å². The second-order valence-electron chi connectivity index (χ2n) is 6.21. The van der Waals surface area contributed by atoms with Gasteiger partial charge in [0.25, 0.3) is 0 Å². The Morgan fingerprint density at radius 1 is 0.417 bits per heavy atom. The van der Waals surface area contributed by atoms with E-state index in [2.05, 4.69) is 112 Å².